The van der Waals surface area contributed by atoms with E-state index in [-0.39, 0.29) is 5.78 Å². The lowest BCUT2D eigenvalue weighted by atomic mass is 10.0. The Morgan fingerprint density at radius 3 is 2.67 bits per heavy atom. The van der Waals surface area contributed by atoms with Crippen molar-refractivity contribution >= 4 is 11.5 Å². The smallest absolute Gasteiger partial charge is 0.196 e. The number of furan rings is 1. The molecule has 3 heteroatoms. The fourth-order valence-corrected chi connectivity index (χ4v) is 1.34. The zero-order valence-corrected chi connectivity index (χ0v) is 8.36. The summed E-state index contributed by atoms with van der Waals surface area (Å²) in [5.41, 5.74) is 8.46. The van der Waals surface area contributed by atoms with E-state index in [0.29, 0.717) is 16.8 Å². The fraction of sp³-hybridized carbons (Fsp3) is 0.0833. The SMILES string of the molecule is Cc1ccc(C(=O)c2ccoc2)cc1N. The summed E-state index contributed by atoms with van der Waals surface area (Å²) in [5, 5.41) is 0. The maximum atomic E-state index is 11.9. The van der Waals surface area contributed by atoms with E-state index in [0.717, 1.165) is 5.56 Å². The second kappa shape index (κ2) is 3.61. The first-order valence-corrected chi connectivity index (χ1v) is 4.61. The molecule has 0 atom stereocenters. The monoisotopic (exact) mass is 201 g/mol. The Labute approximate surface area is 87.5 Å². The molecule has 0 spiro atoms. The van der Waals surface area contributed by atoms with Gasteiger partial charge in [-0.25, -0.2) is 0 Å². The van der Waals surface area contributed by atoms with Crippen LogP contribution in [0, 0.1) is 6.92 Å². The van der Waals surface area contributed by atoms with E-state index in [1.54, 1.807) is 18.2 Å². The number of carbonyl (C=O) groups is 1. The van der Waals surface area contributed by atoms with Gasteiger partial charge in [-0.1, -0.05) is 12.1 Å². The molecule has 0 amide bonds. The molecule has 1 heterocycles. The largest absolute Gasteiger partial charge is 0.472 e. The third-order valence-electron chi connectivity index (χ3n) is 2.32. The van der Waals surface area contributed by atoms with Gasteiger partial charge < -0.3 is 10.2 Å². The van der Waals surface area contributed by atoms with E-state index in [9.17, 15) is 4.79 Å². The number of nitrogens with two attached hydrogens (primary N) is 1. The first-order chi connectivity index (χ1) is 7.18. The Morgan fingerprint density at radius 1 is 1.27 bits per heavy atom. The molecule has 1 aromatic carbocycles. The summed E-state index contributed by atoms with van der Waals surface area (Å²) in [6.45, 7) is 1.90. The van der Waals surface area contributed by atoms with Crippen LogP contribution < -0.4 is 5.73 Å². The van der Waals surface area contributed by atoms with Gasteiger partial charge in [0.05, 0.1) is 11.8 Å². The molecular formula is C12H11NO2. The van der Waals surface area contributed by atoms with E-state index in [1.807, 2.05) is 13.0 Å². The van der Waals surface area contributed by atoms with Gasteiger partial charge in [-0.3, -0.25) is 4.79 Å². The molecule has 0 saturated carbocycles. The van der Waals surface area contributed by atoms with Crippen molar-refractivity contribution in [3.05, 3.63) is 53.5 Å². The summed E-state index contributed by atoms with van der Waals surface area (Å²) < 4.78 is 4.86. The average Bonchev–Trinajstić information content (AvgIpc) is 2.74. The second-order valence-electron chi connectivity index (χ2n) is 3.41. The van der Waals surface area contributed by atoms with E-state index in [2.05, 4.69) is 0 Å². The van der Waals surface area contributed by atoms with Gasteiger partial charge in [0.2, 0.25) is 0 Å². The number of rotatable bonds is 2. The van der Waals surface area contributed by atoms with Gasteiger partial charge in [0, 0.05) is 11.3 Å². The average molecular weight is 201 g/mol. The molecule has 0 fully saturated rings. The van der Waals surface area contributed by atoms with Crippen molar-refractivity contribution < 1.29 is 9.21 Å². The van der Waals surface area contributed by atoms with Crippen LogP contribution in [0.2, 0.25) is 0 Å². The fourth-order valence-electron chi connectivity index (χ4n) is 1.34. The normalized spacial score (nSPS) is 10.2. The van der Waals surface area contributed by atoms with Crippen LogP contribution in [0.3, 0.4) is 0 Å². The number of hydrogen-bond acceptors (Lipinski definition) is 3. The Hall–Kier alpha value is -2.03. The predicted octanol–water partition coefficient (Wildman–Crippen LogP) is 2.40. The third kappa shape index (κ3) is 1.76. The number of ketones is 1. The van der Waals surface area contributed by atoms with Crippen LogP contribution in [0.25, 0.3) is 0 Å². The minimum absolute atomic E-state index is 0.0737. The van der Waals surface area contributed by atoms with Crippen LogP contribution in [-0.2, 0) is 0 Å². The summed E-state index contributed by atoms with van der Waals surface area (Å²) in [4.78, 5) is 11.9. The van der Waals surface area contributed by atoms with Gasteiger partial charge in [-0.2, -0.15) is 0 Å². The minimum atomic E-state index is -0.0737. The van der Waals surface area contributed by atoms with Crippen LogP contribution in [0.5, 0.6) is 0 Å². The van der Waals surface area contributed by atoms with Gasteiger partial charge in [0.15, 0.2) is 5.78 Å². The summed E-state index contributed by atoms with van der Waals surface area (Å²) in [6.07, 6.45) is 2.91. The number of benzene rings is 1. The molecule has 15 heavy (non-hydrogen) atoms. The first-order valence-electron chi connectivity index (χ1n) is 4.61. The first kappa shape index (κ1) is 9.52. The van der Waals surface area contributed by atoms with Crippen LogP contribution in [0.15, 0.2) is 41.2 Å². The highest BCUT2D eigenvalue weighted by Gasteiger charge is 2.10. The molecule has 2 rings (SSSR count). The van der Waals surface area contributed by atoms with Gasteiger partial charge in [-0.15, -0.1) is 0 Å². The van der Waals surface area contributed by atoms with Crippen molar-refractivity contribution in [1.82, 2.24) is 0 Å². The summed E-state index contributed by atoms with van der Waals surface area (Å²) in [7, 11) is 0. The predicted molar refractivity (Wildman–Crippen MR) is 57.7 cm³/mol. The maximum absolute atomic E-state index is 11.9. The maximum Gasteiger partial charge on any atom is 0.196 e. The quantitative estimate of drug-likeness (QED) is 0.599. The molecule has 3 nitrogen and oxygen atoms in total. The highest BCUT2D eigenvalue weighted by Crippen LogP contribution is 2.16. The van der Waals surface area contributed by atoms with Gasteiger partial charge >= 0.3 is 0 Å². The number of hydrogen-bond donors (Lipinski definition) is 1. The molecule has 0 radical (unpaired) electrons. The highest BCUT2D eigenvalue weighted by molar-refractivity contribution is 6.09. The zero-order chi connectivity index (χ0) is 10.8. The third-order valence-corrected chi connectivity index (χ3v) is 2.32. The van der Waals surface area contributed by atoms with E-state index in [4.69, 9.17) is 10.2 Å². The minimum Gasteiger partial charge on any atom is -0.472 e. The van der Waals surface area contributed by atoms with E-state index in [1.165, 1.54) is 12.5 Å². The lowest BCUT2D eigenvalue weighted by molar-refractivity contribution is 0.103. The summed E-state index contributed by atoms with van der Waals surface area (Å²) >= 11 is 0. The van der Waals surface area contributed by atoms with Crippen molar-refractivity contribution in [1.29, 1.82) is 0 Å². The van der Waals surface area contributed by atoms with Crippen LogP contribution in [-0.4, -0.2) is 5.78 Å². The lowest BCUT2D eigenvalue weighted by Crippen LogP contribution is -2.01. The van der Waals surface area contributed by atoms with Crippen LogP contribution in [0.1, 0.15) is 21.5 Å². The Bertz CT molecular complexity index is 486. The molecule has 1 aromatic heterocycles. The zero-order valence-electron chi connectivity index (χ0n) is 8.36. The molecule has 0 bridgehead atoms. The second-order valence-corrected chi connectivity index (χ2v) is 3.41. The topological polar surface area (TPSA) is 56.2 Å². The number of carbonyl (C=O) groups excluding carboxylic acids is 1. The standard InChI is InChI=1S/C12H11NO2/c1-8-2-3-9(6-11(8)13)12(14)10-4-5-15-7-10/h2-7H,13H2,1H3. The Kier molecular flexibility index (Phi) is 2.29. The number of nitrogen functional groups attached to an aromatic ring is 1. The lowest BCUT2D eigenvalue weighted by Gasteiger charge is -2.02. The summed E-state index contributed by atoms with van der Waals surface area (Å²) in [5.74, 6) is -0.0737. The van der Waals surface area contributed by atoms with E-state index >= 15 is 0 Å². The Morgan fingerprint density at radius 2 is 2.07 bits per heavy atom. The molecule has 0 aliphatic rings. The molecule has 0 aliphatic carbocycles. The van der Waals surface area contributed by atoms with Crippen LogP contribution in [0.4, 0.5) is 5.69 Å². The Balaban J connectivity index is 2.39. The van der Waals surface area contributed by atoms with Crippen molar-refractivity contribution in [3.8, 4) is 0 Å². The van der Waals surface area contributed by atoms with Crippen molar-refractivity contribution in [3.63, 3.8) is 0 Å². The van der Waals surface area contributed by atoms with Crippen molar-refractivity contribution in [2.45, 2.75) is 6.92 Å². The summed E-state index contributed by atoms with van der Waals surface area (Å²) in [6, 6.07) is 6.92. The van der Waals surface area contributed by atoms with Crippen molar-refractivity contribution in [2.75, 3.05) is 5.73 Å². The van der Waals surface area contributed by atoms with E-state index < -0.39 is 0 Å². The molecule has 0 unspecified atom stereocenters. The highest BCUT2D eigenvalue weighted by atomic mass is 16.3. The molecule has 76 valence electrons. The molecule has 0 aliphatic heterocycles. The van der Waals surface area contributed by atoms with Crippen LogP contribution >= 0.6 is 0 Å². The molecule has 2 N–H and O–H groups in total. The van der Waals surface area contributed by atoms with Gasteiger partial charge in [0.25, 0.3) is 0 Å². The van der Waals surface area contributed by atoms with Gasteiger partial charge in [0.1, 0.15) is 6.26 Å². The number of anilines is 1. The molecule has 0 saturated heterocycles. The van der Waals surface area contributed by atoms with Crippen molar-refractivity contribution in [2.24, 2.45) is 0 Å². The number of aryl methyl sites for hydroxylation is 1. The van der Waals surface area contributed by atoms with Gasteiger partial charge in [-0.05, 0) is 24.6 Å². The molecular weight excluding hydrogens is 190 g/mol. The molecule has 2 aromatic rings.